The molecular formula is C14H16O. The first kappa shape index (κ1) is 10.2. The van der Waals surface area contributed by atoms with Crippen LogP contribution >= 0.6 is 0 Å². The zero-order chi connectivity index (χ0) is 10.8. The summed E-state index contributed by atoms with van der Waals surface area (Å²) in [5.41, 5.74) is 1.03. The highest BCUT2D eigenvalue weighted by molar-refractivity contribution is 5.85. The molecule has 0 heterocycles. The van der Waals surface area contributed by atoms with E-state index in [-0.39, 0.29) is 12.0 Å². The van der Waals surface area contributed by atoms with Gasteiger partial charge in [-0.1, -0.05) is 56.3 Å². The average molecular weight is 200 g/mol. The Balaban J connectivity index is 2.60. The van der Waals surface area contributed by atoms with Crippen LogP contribution < -0.4 is 0 Å². The number of hydrogen-bond acceptors (Lipinski definition) is 1. The second kappa shape index (κ2) is 4.03. The summed E-state index contributed by atoms with van der Waals surface area (Å²) < 4.78 is 0. The molecule has 0 aliphatic heterocycles. The highest BCUT2D eigenvalue weighted by Crippen LogP contribution is 2.28. The molecule has 0 radical (unpaired) electrons. The molecule has 0 aliphatic carbocycles. The number of aliphatic hydroxyl groups is 1. The minimum atomic E-state index is -0.379. The highest BCUT2D eigenvalue weighted by Gasteiger charge is 2.13. The van der Waals surface area contributed by atoms with E-state index in [1.807, 2.05) is 38.1 Å². The first-order chi connectivity index (χ1) is 7.20. The van der Waals surface area contributed by atoms with E-state index in [1.54, 1.807) is 0 Å². The van der Waals surface area contributed by atoms with Gasteiger partial charge in [-0.15, -0.1) is 0 Å². The van der Waals surface area contributed by atoms with Crippen LogP contribution in [0.5, 0.6) is 0 Å². The monoisotopic (exact) mass is 200 g/mol. The lowest BCUT2D eigenvalue weighted by Gasteiger charge is -2.16. The normalized spacial score (nSPS) is 13.3. The summed E-state index contributed by atoms with van der Waals surface area (Å²) in [6, 6.07) is 14.3. The molecule has 78 valence electrons. The second-order valence-corrected chi connectivity index (χ2v) is 4.26. The van der Waals surface area contributed by atoms with Crippen molar-refractivity contribution in [3.05, 3.63) is 48.0 Å². The Kier molecular flexibility index (Phi) is 2.74. The highest BCUT2D eigenvalue weighted by atomic mass is 16.3. The van der Waals surface area contributed by atoms with Crippen molar-refractivity contribution in [3.63, 3.8) is 0 Å². The molecule has 2 rings (SSSR count). The van der Waals surface area contributed by atoms with Gasteiger partial charge in [-0.05, 0) is 22.3 Å². The Hall–Kier alpha value is -1.34. The topological polar surface area (TPSA) is 20.2 Å². The molecule has 2 aromatic rings. The first-order valence-corrected chi connectivity index (χ1v) is 5.36. The lowest BCUT2D eigenvalue weighted by molar-refractivity contribution is 0.128. The van der Waals surface area contributed by atoms with Crippen molar-refractivity contribution >= 4 is 10.8 Å². The number of rotatable bonds is 2. The van der Waals surface area contributed by atoms with Crippen molar-refractivity contribution in [2.45, 2.75) is 20.0 Å². The van der Waals surface area contributed by atoms with Gasteiger partial charge in [-0.25, -0.2) is 0 Å². The first-order valence-electron chi connectivity index (χ1n) is 5.36. The Bertz CT molecular complexity index is 454. The molecule has 0 amide bonds. The third kappa shape index (κ3) is 1.88. The third-order valence-electron chi connectivity index (χ3n) is 2.77. The van der Waals surface area contributed by atoms with Gasteiger partial charge < -0.3 is 5.11 Å². The molecule has 1 atom stereocenters. The molecule has 1 N–H and O–H groups in total. The van der Waals surface area contributed by atoms with Crippen molar-refractivity contribution in [2.75, 3.05) is 0 Å². The molecule has 15 heavy (non-hydrogen) atoms. The molecule has 0 aliphatic rings. The fourth-order valence-corrected chi connectivity index (χ4v) is 1.87. The number of fused-ring (bicyclic) bond motifs is 1. The van der Waals surface area contributed by atoms with E-state index < -0.39 is 0 Å². The number of aliphatic hydroxyl groups excluding tert-OH is 1. The van der Waals surface area contributed by atoms with E-state index in [4.69, 9.17) is 0 Å². The summed E-state index contributed by atoms with van der Waals surface area (Å²) in [4.78, 5) is 0. The lowest BCUT2D eigenvalue weighted by atomic mass is 9.94. The summed E-state index contributed by atoms with van der Waals surface area (Å²) in [5, 5.41) is 12.4. The summed E-state index contributed by atoms with van der Waals surface area (Å²) in [6.07, 6.45) is -0.379. The molecule has 0 aromatic heterocycles. The molecule has 1 nitrogen and oxygen atoms in total. The fraction of sp³-hybridized carbons (Fsp3) is 0.286. The molecular weight excluding hydrogens is 184 g/mol. The summed E-state index contributed by atoms with van der Waals surface area (Å²) in [6.45, 7) is 4.07. The average Bonchev–Trinajstić information content (AvgIpc) is 2.27. The van der Waals surface area contributed by atoms with Gasteiger partial charge in [0.15, 0.2) is 0 Å². The van der Waals surface area contributed by atoms with Gasteiger partial charge >= 0.3 is 0 Å². The predicted octanol–water partition coefficient (Wildman–Crippen LogP) is 3.53. The van der Waals surface area contributed by atoms with Gasteiger partial charge in [0.1, 0.15) is 0 Å². The van der Waals surface area contributed by atoms with Crippen molar-refractivity contribution in [3.8, 4) is 0 Å². The molecule has 1 heteroatoms. The minimum absolute atomic E-state index is 0.246. The molecule has 0 fully saturated rings. The molecule has 0 saturated carbocycles. The van der Waals surface area contributed by atoms with Crippen LogP contribution in [0.4, 0.5) is 0 Å². The molecule has 1 unspecified atom stereocenters. The summed E-state index contributed by atoms with van der Waals surface area (Å²) >= 11 is 0. The third-order valence-corrected chi connectivity index (χ3v) is 2.77. The number of benzene rings is 2. The van der Waals surface area contributed by atoms with E-state index in [1.165, 1.54) is 5.39 Å². The lowest BCUT2D eigenvalue weighted by Crippen LogP contribution is -2.05. The van der Waals surface area contributed by atoms with E-state index >= 15 is 0 Å². The van der Waals surface area contributed by atoms with Gasteiger partial charge in [-0.2, -0.15) is 0 Å². The van der Waals surface area contributed by atoms with Crippen LogP contribution in [0.15, 0.2) is 42.5 Å². The Morgan fingerprint density at radius 2 is 1.60 bits per heavy atom. The van der Waals surface area contributed by atoms with E-state index in [0.717, 1.165) is 10.9 Å². The summed E-state index contributed by atoms with van der Waals surface area (Å²) in [5.74, 6) is 0.246. The quantitative estimate of drug-likeness (QED) is 0.786. The standard InChI is InChI=1S/C14H16O/c1-10(2)14(15)13-9-5-7-11-6-3-4-8-12(11)13/h3-10,14-15H,1-2H3. The van der Waals surface area contributed by atoms with Crippen LogP contribution in [-0.4, -0.2) is 5.11 Å². The Morgan fingerprint density at radius 3 is 2.33 bits per heavy atom. The van der Waals surface area contributed by atoms with Crippen LogP contribution in [0.3, 0.4) is 0 Å². The van der Waals surface area contributed by atoms with E-state index in [2.05, 4.69) is 18.2 Å². The van der Waals surface area contributed by atoms with Crippen molar-refractivity contribution in [1.82, 2.24) is 0 Å². The van der Waals surface area contributed by atoms with E-state index in [9.17, 15) is 5.11 Å². The van der Waals surface area contributed by atoms with Gasteiger partial charge in [0.25, 0.3) is 0 Å². The minimum Gasteiger partial charge on any atom is -0.388 e. The van der Waals surface area contributed by atoms with Crippen molar-refractivity contribution in [1.29, 1.82) is 0 Å². The Labute approximate surface area is 90.4 Å². The van der Waals surface area contributed by atoms with Crippen LogP contribution in [0.25, 0.3) is 10.8 Å². The van der Waals surface area contributed by atoms with Crippen molar-refractivity contribution in [2.24, 2.45) is 5.92 Å². The van der Waals surface area contributed by atoms with Gasteiger partial charge in [-0.3, -0.25) is 0 Å². The zero-order valence-corrected chi connectivity index (χ0v) is 9.14. The van der Waals surface area contributed by atoms with Crippen LogP contribution in [0.1, 0.15) is 25.5 Å². The predicted molar refractivity (Wildman–Crippen MR) is 63.7 cm³/mol. The van der Waals surface area contributed by atoms with Crippen molar-refractivity contribution < 1.29 is 5.11 Å². The fourth-order valence-electron chi connectivity index (χ4n) is 1.87. The Morgan fingerprint density at radius 1 is 0.933 bits per heavy atom. The van der Waals surface area contributed by atoms with Crippen LogP contribution in [-0.2, 0) is 0 Å². The zero-order valence-electron chi connectivity index (χ0n) is 9.14. The maximum Gasteiger partial charge on any atom is 0.0818 e. The number of hydrogen-bond donors (Lipinski definition) is 1. The van der Waals surface area contributed by atoms with Crippen LogP contribution in [0.2, 0.25) is 0 Å². The molecule has 0 bridgehead atoms. The SMILES string of the molecule is CC(C)C(O)c1cccc2ccccc12. The van der Waals surface area contributed by atoms with Gasteiger partial charge in [0.2, 0.25) is 0 Å². The molecule has 0 spiro atoms. The van der Waals surface area contributed by atoms with Gasteiger partial charge in [0, 0.05) is 0 Å². The maximum atomic E-state index is 10.1. The largest absolute Gasteiger partial charge is 0.388 e. The smallest absolute Gasteiger partial charge is 0.0818 e. The van der Waals surface area contributed by atoms with Crippen LogP contribution in [0, 0.1) is 5.92 Å². The summed E-state index contributed by atoms with van der Waals surface area (Å²) in [7, 11) is 0. The second-order valence-electron chi connectivity index (χ2n) is 4.26. The maximum absolute atomic E-state index is 10.1. The van der Waals surface area contributed by atoms with Gasteiger partial charge in [0.05, 0.1) is 6.10 Å². The molecule has 0 saturated heterocycles. The van der Waals surface area contributed by atoms with E-state index in [0.29, 0.717) is 0 Å². The molecule has 2 aromatic carbocycles.